The molecule has 1 N–H and O–H groups in total. The molecule has 1 aromatic rings. The fourth-order valence-corrected chi connectivity index (χ4v) is 5.69. The van der Waals surface area contributed by atoms with E-state index >= 15 is 0 Å². The van der Waals surface area contributed by atoms with Crippen LogP contribution in [0.2, 0.25) is 10.0 Å². The van der Waals surface area contributed by atoms with Crippen LogP contribution >= 0.6 is 23.2 Å². The van der Waals surface area contributed by atoms with Gasteiger partial charge in [-0.3, -0.25) is 0 Å². The fraction of sp³-hybridized carbons (Fsp3) is 0.571. The van der Waals surface area contributed by atoms with Crippen LogP contribution in [0.3, 0.4) is 0 Å². The lowest BCUT2D eigenvalue weighted by Gasteiger charge is -2.23. The van der Waals surface area contributed by atoms with Crippen LogP contribution in [0.4, 0.5) is 0 Å². The minimum absolute atomic E-state index is 0.00618. The zero-order chi connectivity index (χ0) is 15.2. The van der Waals surface area contributed by atoms with Crippen molar-refractivity contribution < 1.29 is 13.2 Å². The first-order valence-electron chi connectivity index (χ1n) is 6.96. The molecule has 3 rings (SSSR count). The highest BCUT2D eigenvalue weighted by Gasteiger charge is 2.41. The molecule has 0 radical (unpaired) electrons. The number of rotatable bonds is 4. The zero-order valence-corrected chi connectivity index (χ0v) is 13.9. The minimum Gasteiger partial charge on any atom is -0.495 e. The summed E-state index contributed by atoms with van der Waals surface area (Å²) in [6.45, 7) is 0. The Morgan fingerprint density at radius 1 is 1.19 bits per heavy atom. The van der Waals surface area contributed by atoms with Crippen molar-refractivity contribution in [2.75, 3.05) is 7.11 Å². The molecule has 2 aliphatic carbocycles. The molecule has 0 aromatic heterocycles. The zero-order valence-electron chi connectivity index (χ0n) is 11.6. The molecule has 0 unspecified atom stereocenters. The Kier molecular flexibility index (Phi) is 4.12. The number of sulfonamides is 1. The van der Waals surface area contributed by atoms with Gasteiger partial charge in [-0.25, -0.2) is 13.1 Å². The predicted molar refractivity (Wildman–Crippen MR) is 82.6 cm³/mol. The number of methoxy groups -OCH3 is 1. The second-order valence-electron chi connectivity index (χ2n) is 5.80. The van der Waals surface area contributed by atoms with E-state index in [4.69, 9.17) is 27.9 Å². The molecule has 2 aliphatic rings. The van der Waals surface area contributed by atoms with Crippen LogP contribution in [0.5, 0.6) is 5.75 Å². The first-order valence-corrected chi connectivity index (χ1v) is 9.20. The van der Waals surface area contributed by atoms with Gasteiger partial charge in [0.15, 0.2) is 0 Å². The Hall–Kier alpha value is -0.490. The number of nitrogens with one attached hydrogen (secondary N) is 1. The van der Waals surface area contributed by atoms with Gasteiger partial charge in [-0.15, -0.1) is 0 Å². The summed E-state index contributed by atoms with van der Waals surface area (Å²) in [7, 11) is -2.21. The van der Waals surface area contributed by atoms with E-state index in [9.17, 15) is 8.42 Å². The maximum atomic E-state index is 12.5. The Bertz CT molecular complexity index is 662. The van der Waals surface area contributed by atoms with E-state index in [1.54, 1.807) is 0 Å². The number of halogens is 2. The van der Waals surface area contributed by atoms with Gasteiger partial charge in [0.05, 0.1) is 12.1 Å². The number of ether oxygens (including phenoxy) is 1. The summed E-state index contributed by atoms with van der Waals surface area (Å²) in [6.07, 6.45) is 4.38. The summed E-state index contributed by atoms with van der Waals surface area (Å²) in [5, 5.41) is 0.127. The molecule has 2 saturated carbocycles. The minimum atomic E-state index is -3.67. The first kappa shape index (κ1) is 15.4. The smallest absolute Gasteiger partial charge is 0.242 e. The van der Waals surface area contributed by atoms with Crippen LogP contribution < -0.4 is 9.46 Å². The lowest BCUT2D eigenvalue weighted by molar-refractivity contribution is 0.390. The molecule has 0 spiro atoms. The van der Waals surface area contributed by atoms with Crippen molar-refractivity contribution in [3.8, 4) is 5.75 Å². The second kappa shape index (κ2) is 5.61. The quantitative estimate of drug-likeness (QED) is 0.905. The molecule has 0 saturated heterocycles. The molecule has 1 aromatic carbocycles. The molecular formula is C14H17Cl2NO3S. The summed E-state index contributed by atoms with van der Waals surface area (Å²) >= 11 is 12.1. The highest BCUT2D eigenvalue weighted by Crippen LogP contribution is 2.45. The maximum Gasteiger partial charge on any atom is 0.242 e. The Labute approximate surface area is 134 Å². The van der Waals surface area contributed by atoms with Gasteiger partial charge >= 0.3 is 0 Å². The SMILES string of the molecule is COc1ccc(S(=O)(=O)N[C@@H]2C[C@H]3CC[C@H]2C3)c(Cl)c1Cl. The normalized spacial score (nSPS) is 28.0. The van der Waals surface area contributed by atoms with E-state index in [2.05, 4.69) is 4.72 Å². The Morgan fingerprint density at radius 2 is 1.95 bits per heavy atom. The van der Waals surface area contributed by atoms with E-state index in [0.717, 1.165) is 19.3 Å². The summed E-state index contributed by atoms with van der Waals surface area (Å²) in [4.78, 5) is 0.0118. The van der Waals surface area contributed by atoms with Crippen LogP contribution in [0.25, 0.3) is 0 Å². The van der Waals surface area contributed by atoms with Crippen molar-refractivity contribution in [2.45, 2.75) is 36.6 Å². The number of hydrogen-bond donors (Lipinski definition) is 1. The van der Waals surface area contributed by atoms with Crippen molar-refractivity contribution in [2.24, 2.45) is 11.8 Å². The summed E-state index contributed by atoms with van der Waals surface area (Å²) < 4.78 is 32.9. The fourth-order valence-electron chi connectivity index (χ4n) is 3.53. The Balaban J connectivity index is 1.87. The number of fused-ring (bicyclic) bond motifs is 2. The van der Waals surface area contributed by atoms with Crippen molar-refractivity contribution in [3.63, 3.8) is 0 Å². The molecule has 0 aliphatic heterocycles. The van der Waals surface area contributed by atoms with E-state index in [0.29, 0.717) is 17.6 Å². The van der Waals surface area contributed by atoms with Gasteiger partial charge in [0, 0.05) is 6.04 Å². The molecular weight excluding hydrogens is 333 g/mol. The molecule has 3 atom stereocenters. The number of benzene rings is 1. The van der Waals surface area contributed by atoms with Crippen molar-refractivity contribution in [1.29, 1.82) is 0 Å². The average Bonchev–Trinajstić information content (AvgIpc) is 3.03. The third kappa shape index (κ3) is 2.77. The van der Waals surface area contributed by atoms with Crippen molar-refractivity contribution >= 4 is 33.2 Å². The molecule has 2 fully saturated rings. The predicted octanol–water partition coefficient (Wildman–Crippen LogP) is 3.47. The first-order chi connectivity index (χ1) is 9.92. The third-order valence-corrected chi connectivity index (χ3v) is 7.07. The summed E-state index contributed by atoms with van der Waals surface area (Å²) in [6, 6.07) is 2.97. The average molecular weight is 350 g/mol. The standard InChI is InChI=1S/C14H17Cl2NO3S/c1-20-11-4-5-12(14(16)13(11)15)21(18,19)17-10-7-8-2-3-9(10)6-8/h4-5,8-10,17H,2-3,6-7H2,1H3/t8-,9-,10+/m0/s1. The van der Waals surface area contributed by atoms with Gasteiger partial charge < -0.3 is 4.74 Å². The van der Waals surface area contributed by atoms with Crippen LogP contribution in [-0.2, 0) is 10.0 Å². The van der Waals surface area contributed by atoms with Crippen LogP contribution in [-0.4, -0.2) is 21.6 Å². The van der Waals surface area contributed by atoms with Gasteiger partial charge in [0.2, 0.25) is 10.0 Å². The van der Waals surface area contributed by atoms with Gasteiger partial charge in [0.1, 0.15) is 15.7 Å². The highest BCUT2D eigenvalue weighted by molar-refractivity contribution is 7.89. The lowest BCUT2D eigenvalue weighted by Crippen LogP contribution is -2.38. The van der Waals surface area contributed by atoms with Crippen LogP contribution in [0.1, 0.15) is 25.7 Å². The molecule has 2 bridgehead atoms. The topological polar surface area (TPSA) is 55.4 Å². The molecule has 116 valence electrons. The largest absolute Gasteiger partial charge is 0.495 e. The third-order valence-electron chi connectivity index (χ3n) is 4.57. The van der Waals surface area contributed by atoms with Crippen LogP contribution in [0, 0.1) is 11.8 Å². The molecule has 0 heterocycles. The van der Waals surface area contributed by atoms with Crippen molar-refractivity contribution in [1.82, 2.24) is 4.72 Å². The van der Waals surface area contributed by atoms with E-state index < -0.39 is 10.0 Å². The second-order valence-corrected chi connectivity index (χ2v) is 8.23. The highest BCUT2D eigenvalue weighted by atomic mass is 35.5. The van der Waals surface area contributed by atoms with E-state index in [-0.39, 0.29) is 21.0 Å². The van der Waals surface area contributed by atoms with Gasteiger partial charge in [-0.2, -0.15) is 0 Å². The van der Waals surface area contributed by atoms with Crippen molar-refractivity contribution in [3.05, 3.63) is 22.2 Å². The van der Waals surface area contributed by atoms with Crippen LogP contribution in [0.15, 0.2) is 17.0 Å². The van der Waals surface area contributed by atoms with E-state index in [1.165, 1.54) is 25.7 Å². The van der Waals surface area contributed by atoms with Gasteiger partial charge in [0.25, 0.3) is 0 Å². The summed E-state index contributed by atoms with van der Waals surface area (Å²) in [5.74, 6) is 1.48. The maximum absolute atomic E-state index is 12.5. The lowest BCUT2D eigenvalue weighted by atomic mass is 9.96. The Morgan fingerprint density at radius 3 is 2.52 bits per heavy atom. The molecule has 0 amide bonds. The molecule has 4 nitrogen and oxygen atoms in total. The molecule has 21 heavy (non-hydrogen) atoms. The van der Waals surface area contributed by atoms with E-state index in [1.807, 2.05) is 0 Å². The molecule has 7 heteroatoms. The number of hydrogen-bond acceptors (Lipinski definition) is 3. The monoisotopic (exact) mass is 349 g/mol. The van der Waals surface area contributed by atoms with Gasteiger partial charge in [-0.1, -0.05) is 29.6 Å². The summed E-state index contributed by atoms with van der Waals surface area (Å²) in [5.41, 5.74) is 0. The van der Waals surface area contributed by atoms with Gasteiger partial charge in [-0.05, 0) is 43.2 Å².